The molecule has 0 fully saturated rings. The van der Waals surface area contributed by atoms with E-state index < -0.39 is 0 Å². The summed E-state index contributed by atoms with van der Waals surface area (Å²) >= 11 is 1.85. The number of para-hydroxylation sites is 3. The Bertz CT molecular complexity index is 2200. The monoisotopic (exact) mass is 519 g/mol. The molecule has 3 nitrogen and oxygen atoms in total. The molecule has 4 heterocycles. The third-order valence-corrected chi connectivity index (χ3v) is 9.12. The van der Waals surface area contributed by atoms with Crippen LogP contribution < -0.4 is 0 Å². The molecule has 4 aromatic carbocycles. The molecular formula is C35H25N3S. The molecule has 0 unspecified atom stereocenters. The normalized spacial score (nSPS) is 12.3. The van der Waals surface area contributed by atoms with Crippen molar-refractivity contribution in [3.63, 3.8) is 0 Å². The fraction of sp³-hybridized carbons (Fsp3) is 0.0571. The van der Waals surface area contributed by atoms with E-state index in [0.29, 0.717) is 0 Å². The lowest BCUT2D eigenvalue weighted by Crippen LogP contribution is -1.96. The first-order valence-electron chi connectivity index (χ1n) is 13.3. The quantitative estimate of drug-likeness (QED) is 0.228. The minimum absolute atomic E-state index is 1.13. The first-order chi connectivity index (χ1) is 19.2. The highest BCUT2D eigenvalue weighted by atomic mass is 32.1. The Hall–Kier alpha value is -4.67. The first-order valence-corrected chi connectivity index (χ1v) is 14.1. The fourth-order valence-electron chi connectivity index (χ4n) is 6.25. The van der Waals surface area contributed by atoms with E-state index in [0.717, 1.165) is 5.69 Å². The zero-order valence-corrected chi connectivity index (χ0v) is 22.5. The lowest BCUT2D eigenvalue weighted by Gasteiger charge is -2.10. The van der Waals surface area contributed by atoms with Crippen molar-refractivity contribution in [1.29, 1.82) is 0 Å². The summed E-state index contributed by atoms with van der Waals surface area (Å²) in [6, 6.07) is 32.9. The Balaban J connectivity index is 1.41. The van der Waals surface area contributed by atoms with Crippen molar-refractivity contribution in [2.24, 2.45) is 0 Å². The number of nitrogens with zero attached hydrogens (tertiary/aromatic N) is 3. The number of fused-ring (bicyclic) bond motifs is 7. The van der Waals surface area contributed by atoms with Gasteiger partial charge in [-0.1, -0.05) is 66.7 Å². The van der Waals surface area contributed by atoms with Gasteiger partial charge in [0.1, 0.15) is 0 Å². The maximum atomic E-state index is 4.77. The van der Waals surface area contributed by atoms with Crippen molar-refractivity contribution in [1.82, 2.24) is 14.1 Å². The van der Waals surface area contributed by atoms with Crippen LogP contribution in [0.2, 0.25) is 0 Å². The third-order valence-electron chi connectivity index (χ3n) is 7.92. The van der Waals surface area contributed by atoms with Gasteiger partial charge < -0.3 is 9.13 Å². The molecule has 0 saturated carbocycles. The molecule has 39 heavy (non-hydrogen) atoms. The Morgan fingerprint density at radius 2 is 1.31 bits per heavy atom. The Labute approximate surface area is 229 Å². The smallest absolute Gasteiger partial charge is 0.0825 e. The summed E-state index contributed by atoms with van der Waals surface area (Å²) in [5, 5.41) is 6.24. The van der Waals surface area contributed by atoms with Gasteiger partial charge in [0.2, 0.25) is 0 Å². The number of pyridine rings is 1. The molecule has 0 bridgehead atoms. The molecule has 8 rings (SSSR count). The molecule has 0 saturated heterocycles. The molecular weight excluding hydrogens is 494 g/mol. The second-order valence-corrected chi connectivity index (χ2v) is 11.1. The van der Waals surface area contributed by atoms with E-state index in [1.54, 1.807) is 0 Å². The van der Waals surface area contributed by atoms with Crippen LogP contribution in [-0.4, -0.2) is 14.1 Å². The highest BCUT2D eigenvalue weighted by Gasteiger charge is 2.18. The van der Waals surface area contributed by atoms with Crippen molar-refractivity contribution < 1.29 is 0 Å². The van der Waals surface area contributed by atoms with Crippen LogP contribution in [0.15, 0.2) is 109 Å². The third kappa shape index (κ3) is 3.12. The minimum Gasteiger partial charge on any atom is -0.313 e. The highest BCUT2D eigenvalue weighted by molar-refractivity contribution is 7.26. The van der Waals surface area contributed by atoms with Crippen LogP contribution in [0, 0.1) is 6.92 Å². The zero-order valence-electron chi connectivity index (χ0n) is 21.7. The van der Waals surface area contributed by atoms with Gasteiger partial charge in [-0.05, 0) is 50.2 Å². The topological polar surface area (TPSA) is 22.8 Å². The second-order valence-electron chi connectivity index (χ2n) is 10.0. The molecule has 0 N–H and O–H groups in total. The average molecular weight is 520 g/mol. The zero-order chi connectivity index (χ0) is 26.1. The van der Waals surface area contributed by atoms with Crippen LogP contribution in [0.5, 0.6) is 0 Å². The number of rotatable bonds is 3. The predicted octanol–water partition coefficient (Wildman–Crippen LogP) is 9.83. The molecule has 4 aromatic heterocycles. The second kappa shape index (κ2) is 8.42. The lowest BCUT2D eigenvalue weighted by atomic mass is 10.1. The van der Waals surface area contributed by atoms with E-state index in [4.69, 9.17) is 4.98 Å². The summed E-state index contributed by atoms with van der Waals surface area (Å²) in [6.45, 7) is 4.30. The SMILES string of the molecule is C/C=C\c1c(C)n(-c2ccc3sc4c(-n5c6ccccc6c6ccccc65)cncc4c3c2)c2ccccc12. The molecule has 0 aliphatic rings. The number of benzene rings is 4. The maximum absolute atomic E-state index is 4.77. The van der Waals surface area contributed by atoms with Gasteiger partial charge in [-0.15, -0.1) is 11.3 Å². The summed E-state index contributed by atoms with van der Waals surface area (Å²) in [4.78, 5) is 4.77. The average Bonchev–Trinajstić information content (AvgIpc) is 3.61. The number of hydrogen-bond donors (Lipinski definition) is 0. The molecule has 0 aliphatic carbocycles. The van der Waals surface area contributed by atoms with Crippen molar-refractivity contribution in [2.75, 3.05) is 0 Å². The summed E-state index contributed by atoms with van der Waals surface area (Å²) in [5.41, 5.74) is 8.47. The molecule has 0 aliphatic heterocycles. The van der Waals surface area contributed by atoms with Gasteiger partial charge in [0.15, 0.2) is 0 Å². The van der Waals surface area contributed by atoms with Gasteiger partial charge in [-0.25, -0.2) is 0 Å². The molecule has 0 spiro atoms. The fourth-order valence-corrected chi connectivity index (χ4v) is 7.40. The summed E-state index contributed by atoms with van der Waals surface area (Å²) < 4.78 is 7.29. The van der Waals surface area contributed by atoms with Gasteiger partial charge in [0.25, 0.3) is 0 Å². The Kier molecular flexibility index (Phi) is 4.82. The van der Waals surface area contributed by atoms with Gasteiger partial charge >= 0.3 is 0 Å². The van der Waals surface area contributed by atoms with E-state index in [9.17, 15) is 0 Å². The van der Waals surface area contributed by atoms with Crippen molar-refractivity contribution in [3.05, 3.63) is 121 Å². The lowest BCUT2D eigenvalue weighted by molar-refractivity contribution is 1.05. The maximum Gasteiger partial charge on any atom is 0.0825 e. The molecule has 4 heteroatoms. The first kappa shape index (κ1) is 22.3. The molecule has 0 amide bonds. The number of hydrogen-bond acceptors (Lipinski definition) is 2. The van der Waals surface area contributed by atoms with Gasteiger partial charge in [-0.2, -0.15) is 0 Å². The summed E-state index contributed by atoms with van der Waals surface area (Å²) in [6.07, 6.45) is 8.39. The van der Waals surface area contributed by atoms with Gasteiger partial charge in [0, 0.05) is 54.8 Å². The van der Waals surface area contributed by atoms with Crippen LogP contribution >= 0.6 is 11.3 Å². The van der Waals surface area contributed by atoms with E-state index in [-0.39, 0.29) is 0 Å². The van der Waals surface area contributed by atoms with Crippen molar-refractivity contribution in [2.45, 2.75) is 13.8 Å². The molecule has 186 valence electrons. The van der Waals surface area contributed by atoms with E-state index in [1.807, 2.05) is 23.7 Å². The predicted molar refractivity (Wildman–Crippen MR) is 168 cm³/mol. The summed E-state index contributed by atoms with van der Waals surface area (Å²) in [7, 11) is 0. The Morgan fingerprint density at radius 3 is 2.00 bits per heavy atom. The van der Waals surface area contributed by atoms with Gasteiger partial charge in [0.05, 0.1) is 33.1 Å². The highest BCUT2D eigenvalue weighted by Crippen LogP contribution is 2.41. The largest absolute Gasteiger partial charge is 0.313 e. The van der Waals surface area contributed by atoms with Crippen LogP contribution in [0.25, 0.3) is 70.3 Å². The van der Waals surface area contributed by atoms with Crippen molar-refractivity contribution in [3.8, 4) is 11.4 Å². The number of thiophene rings is 1. The summed E-state index contributed by atoms with van der Waals surface area (Å²) in [5.74, 6) is 0. The van der Waals surface area contributed by atoms with E-state index in [2.05, 4.69) is 126 Å². The minimum atomic E-state index is 1.13. The molecule has 8 aromatic rings. The van der Waals surface area contributed by atoms with Crippen LogP contribution in [0.3, 0.4) is 0 Å². The van der Waals surface area contributed by atoms with E-state index in [1.165, 1.54) is 69.8 Å². The molecule has 0 radical (unpaired) electrons. The van der Waals surface area contributed by atoms with Gasteiger partial charge in [-0.3, -0.25) is 4.98 Å². The van der Waals surface area contributed by atoms with Crippen molar-refractivity contribution >= 4 is 70.3 Å². The van der Waals surface area contributed by atoms with Crippen LogP contribution in [-0.2, 0) is 0 Å². The Morgan fingerprint density at radius 1 is 0.667 bits per heavy atom. The van der Waals surface area contributed by atoms with E-state index >= 15 is 0 Å². The van der Waals surface area contributed by atoms with Crippen LogP contribution in [0.4, 0.5) is 0 Å². The number of aromatic nitrogens is 3. The van der Waals surface area contributed by atoms with Crippen LogP contribution in [0.1, 0.15) is 18.2 Å². The molecule has 0 atom stereocenters. The standard InChI is InChI=1S/C35H25N3S/c1-3-10-24-22(2)37(30-14-7-4-11-25(24)30)23-17-18-34-28(19-23)29-20-36-21-33(35(29)39-34)38-31-15-8-5-12-26(31)27-13-6-9-16-32(27)38/h3-21H,1-2H3/b10-3-. The number of allylic oxidation sites excluding steroid dienone is 1.